The van der Waals surface area contributed by atoms with E-state index in [9.17, 15) is 4.79 Å². The van der Waals surface area contributed by atoms with E-state index in [-0.39, 0.29) is 5.91 Å². The standard InChI is InChI=1S/C27H28N4O/c1-20-8-10-21(11-9-20)16-17-28-26(23-6-4-3-5-7-23)27(32)30-25-14-12-22(13-15-25)24-18-29-31(2)19-24/h3-15,18-19,26,28H,16-17H2,1-2H3,(H,30,32)/t26-/m1/s1. The fraction of sp³-hybridized carbons (Fsp3) is 0.185. The highest BCUT2D eigenvalue weighted by atomic mass is 16.2. The number of anilines is 1. The van der Waals surface area contributed by atoms with Crippen molar-refractivity contribution in [2.45, 2.75) is 19.4 Å². The minimum absolute atomic E-state index is 0.0748. The maximum atomic E-state index is 13.2. The summed E-state index contributed by atoms with van der Waals surface area (Å²) in [4.78, 5) is 13.2. The second-order valence-electron chi connectivity index (χ2n) is 8.00. The SMILES string of the molecule is Cc1ccc(CCN[C@@H](C(=O)Nc2ccc(-c3cnn(C)c3)cc2)c2ccccc2)cc1. The number of benzene rings is 3. The lowest BCUT2D eigenvalue weighted by Crippen LogP contribution is -2.34. The van der Waals surface area contributed by atoms with Crippen LogP contribution in [0.4, 0.5) is 5.69 Å². The summed E-state index contributed by atoms with van der Waals surface area (Å²) in [6.45, 7) is 2.79. The summed E-state index contributed by atoms with van der Waals surface area (Å²) < 4.78 is 1.78. The average molecular weight is 425 g/mol. The minimum atomic E-state index is -0.431. The third-order valence-corrected chi connectivity index (χ3v) is 5.47. The molecule has 2 N–H and O–H groups in total. The molecule has 1 amide bonds. The molecule has 0 aliphatic rings. The number of aryl methyl sites for hydroxylation is 2. The van der Waals surface area contributed by atoms with Gasteiger partial charge in [-0.15, -0.1) is 0 Å². The van der Waals surface area contributed by atoms with Crippen molar-refractivity contribution >= 4 is 11.6 Å². The lowest BCUT2D eigenvalue weighted by Gasteiger charge is -2.19. The van der Waals surface area contributed by atoms with Crippen LogP contribution in [0.15, 0.2) is 91.3 Å². The Kier molecular flexibility index (Phi) is 6.78. The highest BCUT2D eigenvalue weighted by molar-refractivity contribution is 5.95. The van der Waals surface area contributed by atoms with Gasteiger partial charge in [0.25, 0.3) is 0 Å². The van der Waals surface area contributed by atoms with Crippen LogP contribution in [0.25, 0.3) is 11.1 Å². The van der Waals surface area contributed by atoms with Gasteiger partial charge in [0.05, 0.1) is 6.20 Å². The van der Waals surface area contributed by atoms with Gasteiger partial charge in [0.1, 0.15) is 6.04 Å². The minimum Gasteiger partial charge on any atom is -0.324 e. The van der Waals surface area contributed by atoms with E-state index in [2.05, 4.69) is 46.9 Å². The molecular formula is C27H28N4O. The van der Waals surface area contributed by atoms with Gasteiger partial charge in [0.15, 0.2) is 0 Å². The first-order valence-corrected chi connectivity index (χ1v) is 10.8. The van der Waals surface area contributed by atoms with Crippen molar-refractivity contribution in [2.24, 2.45) is 7.05 Å². The van der Waals surface area contributed by atoms with Crippen LogP contribution in [0.2, 0.25) is 0 Å². The van der Waals surface area contributed by atoms with Gasteiger partial charge in [0, 0.05) is 31.0 Å². The molecule has 0 aliphatic carbocycles. The van der Waals surface area contributed by atoms with Crippen molar-refractivity contribution in [3.05, 3.63) is 108 Å². The molecule has 0 unspecified atom stereocenters. The Morgan fingerprint density at radius 2 is 1.66 bits per heavy atom. The summed E-state index contributed by atoms with van der Waals surface area (Å²) in [7, 11) is 1.90. The average Bonchev–Trinajstić information content (AvgIpc) is 3.25. The number of carbonyl (C=O) groups excluding carboxylic acids is 1. The highest BCUT2D eigenvalue weighted by Gasteiger charge is 2.20. The number of nitrogens with zero attached hydrogens (tertiary/aromatic N) is 2. The van der Waals surface area contributed by atoms with Gasteiger partial charge in [-0.3, -0.25) is 9.48 Å². The number of hydrogen-bond donors (Lipinski definition) is 2. The van der Waals surface area contributed by atoms with Crippen LogP contribution in [0, 0.1) is 6.92 Å². The van der Waals surface area contributed by atoms with Crippen molar-refractivity contribution in [3.63, 3.8) is 0 Å². The third kappa shape index (κ3) is 5.50. The lowest BCUT2D eigenvalue weighted by molar-refractivity contribution is -0.118. The van der Waals surface area contributed by atoms with Crippen LogP contribution in [0.1, 0.15) is 22.7 Å². The second kappa shape index (κ2) is 10.1. The van der Waals surface area contributed by atoms with Crippen LogP contribution in [0.3, 0.4) is 0 Å². The van der Waals surface area contributed by atoms with Gasteiger partial charge in [0.2, 0.25) is 5.91 Å². The zero-order chi connectivity index (χ0) is 22.3. The molecule has 5 nitrogen and oxygen atoms in total. The number of hydrogen-bond acceptors (Lipinski definition) is 3. The van der Waals surface area contributed by atoms with E-state index in [0.717, 1.165) is 28.8 Å². The quantitative estimate of drug-likeness (QED) is 0.423. The molecular weight excluding hydrogens is 396 g/mol. The lowest BCUT2D eigenvalue weighted by atomic mass is 10.0. The molecule has 0 bridgehead atoms. The number of amides is 1. The van der Waals surface area contributed by atoms with Gasteiger partial charge in [-0.05, 0) is 42.2 Å². The fourth-order valence-electron chi connectivity index (χ4n) is 3.65. The molecule has 0 aliphatic heterocycles. The van der Waals surface area contributed by atoms with Crippen molar-refractivity contribution < 1.29 is 4.79 Å². The van der Waals surface area contributed by atoms with Crippen molar-refractivity contribution in [1.82, 2.24) is 15.1 Å². The highest BCUT2D eigenvalue weighted by Crippen LogP contribution is 2.22. The van der Waals surface area contributed by atoms with Crippen molar-refractivity contribution in [1.29, 1.82) is 0 Å². The topological polar surface area (TPSA) is 59.0 Å². The molecule has 0 radical (unpaired) electrons. The molecule has 3 aromatic carbocycles. The van der Waals surface area contributed by atoms with E-state index in [0.29, 0.717) is 6.54 Å². The molecule has 32 heavy (non-hydrogen) atoms. The molecule has 0 saturated carbocycles. The maximum Gasteiger partial charge on any atom is 0.246 e. The number of nitrogens with one attached hydrogen (secondary N) is 2. The number of carbonyl (C=O) groups is 1. The summed E-state index contributed by atoms with van der Waals surface area (Å²) in [5, 5.41) is 10.7. The fourth-order valence-corrected chi connectivity index (χ4v) is 3.65. The van der Waals surface area contributed by atoms with Crippen LogP contribution in [-0.4, -0.2) is 22.2 Å². The van der Waals surface area contributed by atoms with E-state index < -0.39 is 6.04 Å². The van der Waals surface area contributed by atoms with Crippen LogP contribution in [0.5, 0.6) is 0 Å². The van der Waals surface area contributed by atoms with E-state index in [1.807, 2.05) is 74.0 Å². The van der Waals surface area contributed by atoms with Crippen LogP contribution < -0.4 is 10.6 Å². The first-order valence-electron chi connectivity index (χ1n) is 10.8. The van der Waals surface area contributed by atoms with Crippen molar-refractivity contribution in [2.75, 3.05) is 11.9 Å². The first kappa shape index (κ1) is 21.5. The summed E-state index contributed by atoms with van der Waals surface area (Å²) in [5.74, 6) is -0.0748. The number of rotatable bonds is 8. The number of aromatic nitrogens is 2. The monoisotopic (exact) mass is 424 g/mol. The Labute approximate surface area is 189 Å². The maximum absolute atomic E-state index is 13.2. The molecule has 1 aromatic heterocycles. The normalized spacial score (nSPS) is 11.8. The molecule has 0 spiro atoms. The van der Waals surface area contributed by atoms with Crippen LogP contribution in [-0.2, 0) is 18.3 Å². The molecule has 1 atom stereocenters. The molecule has 5 heteroatoms. The molecule has 1 heterocycles. The van der Waals surface area contributed by atoms with Crippen LogP contribution >= 0.6 is 0 Å². The zero-order valence-electron chi connectivity index (χ0n) is 18.5. The third-order valence-electron chi connectivity index (χ3n) is 5.47. The smallest absolute Gasteiger partial charge is 0.246 e. The summed E-state index contributed by atoms with van der Waals surface area (Å²) >= 11 is 0. The molecule has 162 valence electrons. The summed E-state index contributed by atoms with van der Waals surface area (Å²) in [6, 6.07) is 25.8. The Hall–Kier alpha value is -3.70. The summed E-state index contributed by atoms with van der Waals surface area (Å²) in [6.07, 6.45) is 4.66. The Morgan fingerprint density at radius 3 is 2.31 bits per heavy atom. The second-order valence-corrected chi connectivity index (χ2v) is 8.00. The van der Waals surface area contributed by atoms with E-state index >= 15 is 0 Å². The Bertz CT molecular complexity index is 1150. The molecule has 4 rings (SSSR count). The van der Waals surface area contributed by atoms with Crippen molar-refractivity contribution in [3.8, 4) is 11.1 Å². The largest absolute Gasteiger partial charge is 0.324 e. The molecule has 4 aromatic rings. The molecule has 0 fully saturated rings. The first-order chi connectivity index (χ1) is 15.6. The van der Waals surface area contributed by atoms with Gasteiger partial charge in [-0.1, -0.05) is 72.3 Å². The molecule has 0 saturated heterocycles. The van der Waals surface area contributed by atoms with E-state index in [4.69, 9.17) is 0 Å². The zero-order valence-corrected chi connectivity index (χ0v) is 18.5. The van der Waals surface area contributed by atoms with E-state index in [1.165, 1.54) is 11.1 Å². The van der Waals surface area contributed by atoms with Gasteiger partial charge >= 0.3 is 0 Å². The Balaban J connectivity index is 1.43. The van der Waals surface area contributed by atoms with E-state index in [1.54, 1.807) is 4.68 Å². The summed E-state index contributed by atoms with van der Waals surface area (Å²) in [5.41, 5.74) is 6.32. The predicted molar refractivity (Wildman–Crippen MR) is 129 cm³/mol. The predicted octanol–water partition coefficient (Wildman–Crippen LogP) is 4.91. The Morgan fingerprint density at radius 1 is 0.938 bits per heavy atom. The van der Waals surface area contributed by atoms with Gasteiger partial charge in [-0.25, -0.2) is 0 Å². The van der Waals surface area contributed by atoms with Gasteiger partial charge < -0.3 is 10.6 Å². The van der Waals surface area contributed by atoms with Gasteiger partial charge in [-0.2, -0.15) is 5.10 Å².